The largest absolute Gasteiger partial charge is 0.340 e. The summed E-state index contributed by atoms with van der Waals surface area (Å²) >= 11 is 0. The first-order chi connectivity index (χ1) is 11.8. The van der Waals surface area contributed by atoms with Crippen molar-refractivity contribution < 1.29 is 14.4 Å². The third kappa shape index (κ3) is 4.89. The Morgan fingerprint density at radius 3 is 2.00 bits per heavy atom. The van der Waals surface area contributed by atoms with Gasteiger partial charge in [0.2, 0.25) is 11.8 Å². The number of nitrogens with one attached hydrogen (secondary N) is 1. The van der Waals surface area contributed by atoms with Crippen molar-refractivity contribution in [2.45, 2.75) is 33.7 Å². The molecule has 136 valence electrons. The maximum atomic E-state index is 12.5. The van der Waals surface area contributed by atoms with Crippen LogP contribution in [0.15, 0.2) is 24.3 Å². The molecule has 1 fully saturated rings. The minimum Gasteiger partial charge on any atom is -0.340 e. The number of nitrogens with zero attached hydrogens (tertiary/aromatic N) is 2. The van der Waals surface area contributed by atoms with Gasteiger partial charge < -0.3 is 10.2 Å². The van der Waals surface area contributed by atoms with E-state index in [4.69, 9.17) is 0 Å². The van der Waals surface area contributed by atoms with Crippen LogP contribution in [0.2, 0.25) is 0 Å². The van der Waals surface area contributed by atoms with E-state index in [1.165, 1.54) is 6.92 Å². The van der Waals surface area contributed by atoms with E-state index in [0.29, 0.717) is 37.4 Å². The normalized spacial score (nSPS) is 16.6. The number of hydrogen-bond acceptors (Lipinski definition) is 4. The first-order valence-electron chi connectivity index (χ1n) is 8.74. The molecule has 6 heteroatoms. The summed E-state index contributed by atoms with van der Waals surface area (Å²) in [5.74, 6) is 0.0897. The highest BCUT2D eigenvalue weighted by Crippen LogP contribution is 2.14. The Hall–Kier alpha value is -2.21. The molecule has 2 amide bonds. The molecule has 2 rings (SSSR count). The van der Waals surface area contributed by atoms with Crippen LogP contribution in [0.5, 0.6) is 0 Å². The van der Waals surface area contributed by atoms with E-state index < -0.39 is 0 Å². The molecular formula is C19H27N3O3. The van der Waals surface area contributed by atoms with Gasteiger partial charge in [0.15, 0.2) is 5.78 Å². The number of amides is 2. The van der Waals surface area contributed by atoms with Crippen LogP contribution in [0.3, 0.4) is 0 Å². The summed E-state index contributed by atoms with van der Waals surface area (Å²) in [6.45, 7) is 9.89. The van der Waals surface area contributed by atoms with Crippen LogP contribution in [0.25, 0.3) is 0 Å². The van der Waals surface area contributed by atoms with Crippen molar-refractivity contribution in [1.29, 1.82) is 0 Å². The van der Waals surface area contributed by atoms with Crippen molar-refractivity contribution >= 4 is 23.3 Å². The summed E-state index contributed by atoms with van der Waals surface area (Å²) in [4.78, 5) is 39.7. The topological polar surface area (TPSA) is 69.7 Å². The monoisotopic (exact) mass is 345 g/mol. The van der Waals surface area contributed by atoms with E-state index in [1.54, 1.807) is 24.3 Å². The summed E-state index contributed by atoms with van der Waals surface area (Å²) in [5.41, 5.74) is 1.30. The summed E-state index contributed by atoms with van der Waals surface area (Å²) in [6.07, 6.45) is 0. The van der Waals surface area contributed by atoms with Gasteiger partial charge in [-0.2, -0.15) is 0 Å². The van der Waals surface area contributed by atoms with Gasteiger partial charge in [0.05, 0.1) is 6.04 Å². The fourth-order valence-electron chi connectivity index (χ4n) is 2.90. The Morgan fingerprint density at radius 2 is 1.52 bits per heavy atom. The maximum Gasteiger partial charge on any atom is 0.241 e. The highest BCUT2D eigenvalue weighted by molar-refractivity contribution is 5.97. The molecule has 0 spiro atoms. The zero-order valence-electron chi connectivity index (χ0n) is 15.4. The lowest BCUT2D eigenvalue weighted by atomic mass is 10.1. The molecule has 1 unspecified atom stereocenters. The molecule has 25 heavy (non-hydrogen) atoms. The molecule has 1 aromatic carbocycles. The third-order valence-corrected chi connectivity index (χ3v) is 4.61. The van der Waals surface area contributed by atoms with E-state index in [9.17, 15) is 14.4 Å². The van der Waals surface area contributed by atoms with Gasteiger partial charge in [-0.1, -0.05) is 13.8 Å². The molecule has 1 atom stereocenters. The minimum absolute atomic E-state index is 0.0000558. The lowest BCUT2D eigenvalue weighted by molar-refractivity contribution is -0.136. The van der Waals surface area contributed by atoms with E-state index >= 15 is 0 Å². The molecule has 6 nitrogen and oxygen atoms in total. The Balaban J connectivity index is 1.88. The fraction of sp³-hybridized carbons (Fsp3) is 0.526. The SMILES string of the molecule is CC(=O)c1ccc(NC(=O)C(C)N2CCN(C(=O)C(C)C)CC2)cc1. The lowest BCUT2D eigenvalue weighted by Crippen LogP contribution is -2.54. The first kappa shape index (κ1) is 19.1. The summed E-state index contributed by atoms with van der Waals surface area (Å²) < 4.78 is 0. The molecular weight excluding hydrogens is 318 g/mol. The number of carbonyl (C=O) groups is 3. The second-order valence-electron chi connectivity index (χ2n) is 6.81. The number of hydrogen-bond donors (Lipinski definition) is 1. The Bertz CT molecular complexity index is 632. The molecule has 1 N–H and O–H groups in total. The van der Waals surface area contributed by atoms with Crippen molar-refractivity contribution in [3.63, 3.8) is 0 Å². The summed E-state index contributed by atoms with van der Waals surface area (Å²) in [5, 5.41) is 2.88. The molecule has 1 saturated heterocycles. The second-order valence-corrected chi connectivity index (χ2v) is 6.81. The zero-order chi connectivity index (χ0) is 18.6. The molecule has 0 radical (unpaired) electrons. The van der Waals surface area contributed by atoms with Crippen molar-refractivity contribution in [3.8, 4) is 0 Å². The van der Waals surface area contributed by atoms with Crippen LogP contribution in [0.4, 0.5) is 5.69 Å². The molecule has 0 saturated carbocycles. The lowest BCUT2D eigenvalue weighted by Gasteiger charge is -2.38. The summed E-state index contributed by atoms with van der Waals surface area (Å²) in [6, 6.07) is 6.61. The number of Topliss-reactive ketones (excluding diaryl/α,β-unsaturated/α-hetero) is 1. The van der Waals surface area contributed by atoms with Crippen LogP contribution in [0.1, 0.15) is 38.1 Å². The van der Waals surface area contributed by atoms with Crippen LogP contribution in [-0.4, -0.2) is 59.6 Å². The van der Waals surface area contributed by atoms with Crippen molar-refractivity contribution in [2.24, 2.45) is 5.92 Å². The predicted molar refractivity (Wildman–Crippen MR) is 97.5 cm³/mol. The number of anilines is 1. The molecule has 0 bridgehead atoms. The van der Waals surface area contributed by atoms with Crippen LogP contribution < -0.4 is 5.32 Å². The van der Waals surface area contributed by atoms with E-state index in [2.05, 4.69) is 10.2 Å². The molecule has 1 aliphatic heterocycles. The number of benzene rings is 1. The highest BCUT2D eigenvalue weighted by atomic mass is 16.2. The molecule has 1 heterocycles. The van der Waals surface area contributed by atoms with Gasteiger partial charge >= 0.3 is 0 Å². The summed E-state index contributed by atoms with van der Waals surface area (Å²) in [7, 11) is 0. The minimum atomic E-state index is -0.274. The van der Waals surface area contributed by atoms with Gasteiger partial charge in [-0.15, -0.1) is 0 Å². The highest BCUT2D eigenvalue weighted by Gasteiger charge is 2.28. The maximum absolute atomic E-state index is 12.5. The van der Waals surface area contributed by atoms with Crippen LogP contribution >= 0.6 is 0 Å². The predicted octanol–water partition coefficient (Wildman–Crippen LogP) is 2.02. The Labute approximate surface area is 149 Å². The van der Waals surface area contributed by atoms with E-state index in [0.717, 1.165) is 0 Å². The smallest absolute Gasteiger partial charge is 0.241 e. The van der Waals surface area contributed by atoms with Gasteiger partial charge in [-0.3, -0.25) is 19.3 Å². The van der Waals surface area contributed by atoms with Crippen molar-refractivity contribution in [2.75, 3.05) is 31.5 Å². The third-order valence-electron chi connectivity index (χ3n) is 4.61. The average Bonchev–Trinajstić information content (AvgIpc) is 2.60. The van der Waals surface area contributed by atoms with Gasteiger partial charge in [0.1, 0.15) is 0 Å². The number of rotatable bonds is 5. The molecule has 0 aliphatic carbocycles. The fourth-order valence-corrected chi connectivity index (χ4v) is 2.90. The van der Waals surface area contributed by atoms with Gasteiger partial charge in [-0.25, -0.2) is 0 Å². The van der Waals surface area contributed by atoms with Crippen molar-refractivity contribution in [1.82, 2.24) is 9.80 Å². The van der Waals surface area contributed by atoms with Crippen molar-refractivity contribution in [3.05, 3.63) is 29.8 Å². The van der Waals surface area contributed by atoms with Crippen LogP contribution in [-0.2, 0) is 9.59 Å². The standard InChI is InChI=1S/C19H27N3O3/c1-13(2)19(25)22-11-9-21(10-12-22)14(3)18(24)20-17-7-5-16(6-8-17)15(4)23/h5-8,13-14H,9-12H2,1-4H3,(H,20,24). The second kappa shape index (κ2) is 8.25. The Kier molecular flexibility index (Phi) is 6.31. The quantitative estimate of drug-likeness (QED) is 0.829. The molecule has 1 aromatic rings. The average molecular weight is 345 g/mol. The number of piperazine rings is 1. The van der Waals surface area contributed by atoms with E-state index in [1.807, 2.05) is 25.7 Å². The molecule has 0 aromatic heterocycles. The van der Waals surface area contributed by atoms with Gasteiger partial charge in [-0.05, 0) is 38.1 Å². The first-order valence-corrected chi connectivity index (χ1v) is 8.74. The Morgan fingerprint density at radius 1 is 0.960 bits per heavy atom. The van der Waals surface area contributed by atoms with E-state index in [-0.39, 0.29) is 29.6 Å². The number of carbonyl (C=O) groups excluding carboxylic acids is 3. The van der Waals surface area contributed by atoms with Gasteiger partial charge in [0.25, 0.3) is 0 Å². The zero-order valence-corrected chi connectivity index (χ0v) is 15.4. The number of ketones is 1. The van der Waals surface area contributed by atoms with Gasteiger partial charge in [0, 0.05) is 43.3 Å². The van der Waals surface area contributed by atoms with Crippen LogP contribution in [0, 0.1) is 5.92 Å². The molecule has 1 aliphatic rings.